The molecule has 2 amide bonds. The van der Waals surface area contributed by atoms with Gasteiger partial charge in [-0.25, -0.2) is 4.79 Å². The summed E-state index contributed by atoms with van der Waals surface area (Å²) in [4.78, 5) is 24.2. The first-order valence-electron chi connectivity index (χ1n) is 6.54. The number of ether oxygens (including phenoxy) is 1. The van der Waals surface area contributed by atoms with Gasteiger partial charge in [0.25, 0.3) is 0 Å². The standard InChI is InChI=1S/C12H23N3O4/c1-3-19-12(18)14-10-4-9(8(2)16)5-15(6-10)7-11(13)17/h8-10,16H,3-7H2,1-2H3,(H2,13,17)(H,14,18). The smallest absolute Gasteiger partial charge is 0.407 e. The molecule has 1 fully saturated rings. The second-order valence-electron chi connectivity index (χ2n) is 4.96. The molecule has 1 aliphatic heterocycles. The van der Waals surface area contributed by atoms with Crippen molar-refractivity contribution in [1.82, 2.24) is 10.2 Å². The number of carbonyl (C=O) groups is 2. The van der Waals surface area contributed by atoms with Crippen molar-refractivity contribution in [3.63, 3.8) is 0 Å². The first-order valence-corrected chi connectivity index (χ1v) is 6.54. The van der Waals surface area contributed by atoms with E-state index in [0.717, 1.165) is 0 Å². The molecule has 1 saturated heterocycles. The molecule has 3 unspecified atom stereocenters. The van der Waals surface area contributed by atoms with Gasteiger partial charge in [-0.15, -0.1) is 0 Å². The Balaban J connectivity index is 2.59. The molecule has 0 spiro atoms. The van der Waals surface area contributed by atoms with Gasteiger partial charge in [0, 0.05) is 19.1 Å². The fourth-order valence-corrected chi connectivity index (χ4v) is 2.38. The summed E-state index contributed by atoms with van der Waals surface area (Å²) >= 11 is 0. The van der Waals surface area contributed by atoms with Crippen molar-refractivity contribution in [2.45, 2.75) is 32.4 Å². The number of nitrogens with two attached hydrogens (primary N) is 1. The summed E-state index contributed by atoms with van der Waals surface area (Å²) in [6.07, 6.45) is -0.314. The predicted octanol–water partition coefficient (Wildman–Crippen LogP) is -0.711. The molecular weight excluding hydrogens is 250 g/mol. The molecule has 1 aliphatic rings. The fraction of sp³-hybridized carbons (Fsp3) is 0.833. The third kappa shape index (κ3) is 5.44. The molecule has 1 rings (SSSR count). The van der Waals surface area contributed by atoms with Gasteiger partial charge in [0.15, 0.2) is 0 Å². The lowest BCUT2D eigenvalue weighted by Crippen LogP contribution is -2.54. The Kier molecular flexibility index (Phi) is 6.04. The van der Waals surface area contributed by atoms with Gasteiger partial charge in [0.2, 0.25) is 5.91 Å². The molecule has 1 heterocycles. The van der Waals surface area contributed by atoms with Crippen LogP contribution in [0.2, 0.25) is 0 Å². The van der Waals surface area contributed by atoms with Crippen LogP contribution in [-0.2, 0) is 9.53 Å². The maximum absolute atomic E-state index is 11.4. The number of carbonyl (C=O) groups excluding carboxylic acids is 2. The molecule has 7 heteroatoms. The van der Waals surface area contributed by atoms with Crippen LogP contribution in [0.4, 0.5) is 4.79 Å². The highest BCUT2D eigenvalue weighted by Crippen LogP contribution is 2.20. The van der Waals surface area contributed by atoms with Crippen LogP contribution >= 0.6 is 0 Å². The van der Waals surface area contributed by atoms with Gasteiger partial charge in [0.05, 0.1) is 19.3 Å². The largest absolute Gasteiger partial charge is 0.450 e. The predicted molar refractivity (Wildman–Crippen MR) is 69.4 cm³/mol. The average molecular weight is 273 g/mol. The number of aliphatic hydroxyl groups excluding tert-OH is 1. The zero-order valence-electron chi connectivity index (χ0n) is 11.5. The number of rotatable bonds is 5. The molecular formula is C12H23N3O4. The molecule has 19 heavy (non-hydrogen) atoms. The molecule has 3 atom stereocenters. The summed E-state index contributed by atoms with van der Waals surface area (Å²) in [5, 5.41) is 12.4. The zero-order valence-corrected chi connectivity index (χ0v) is 11.5. The van der Waals surface area contributed by atoms with Crippen LogP contribution in [0.5, 0.6) is 0 Å². The number of alkyl carbamates (subject to hydrolysis) is 1. The van der Waals surface area contributed by atoms with E-state index in [1.54, 1.807) is 13.8 Å². The molecule has 0 aromatic rings. The van der Waals surface area contributed by atoms with Crippen LogP contribution < -0.4 is 11.1 Å². The van der Waals surface area contributed by atoms with E-state index in [4.69, 9.17) is 10.5 Å². The minimum absolute atomic E-state index is 0.0000246. The van der Waals surface area contributed by atoms with E-state index >= 15 is 0 Å². The Morgan fingerprint density at radius 1 is 1.53 bits per heavy atom. The molecule has 0 bridgehead atoms. The van der Waals surface area contributed by atoms with Crippen LogP contribution in [0.1, 0.15) is 20.3 Å². The fourth-order valence-electron chi connectivity index (χ4n) is 2.38. The van der Waals surface area contributed by atoms with E-state index in [0.29, 0.717) is 26.1 Å². The Morgan fingerprint density at radius 3 is 2.74 bits per heavy atom. The second kappa shape index (κ2) is 7.30. The van der Waals surface area contributed by atoms with Crippen LogP contribution in [0, 0.1) is 5.92 Å². The lowest BCUT2D eigenvalue weighted by molar-refractivity contribution is -0.119. The van der Waals surface area contributed by atoms with Gasteiger partial charge in [-0.1, -0.05) is 0 Å². The van der Waals surface area contributed by atoms with Crippen molar-refractivity contribution in [1.29, 1.82) is 0 Å². The van der Waals surface area contributed by atoms with Crippen LogP contribution in [-0.4, -0.2) is 60.4 Å². The lowest BCUT2D eigenvalue weighted by Gasteiger charge is -2.38. The molecule has 0 aromatic carbocycles. The van der Waals surface area contributed by atoms with Crippen molar-refractivity contribution in [3.05, 3.63) is 0 Å². The van der Waals surface area contributed by atoms with Gasteiger partial charge in [0.1, 0.15) is 0 Å². The number of hydrogen-bond acceptors (Lipinski definition) is 5. The SMILES string of the molecule is CCOC(=O)NC1CC(C(C)O)CN(CC(N)=O)C1. The van der Waals surface area contributed by atoms with E-state index in [2.05, 4.69) is 5.32 Å². The monoisotopic (exact) mass is 273 g/mol. The van der Waals surface area contributed by atoms with Crippen molar-refractivity contribution in [3.8, 4) is 0 Å². The van der Waals surface area contributed by atoms with Crippen LogP contribution in [0.25, 0.3) is 0 Å². The molecule has 7 nitrogen and oxygen atoms in total. The van der Waals surface area contributed by atoms with Crippen molar-refractivity contribution in [2.75, 3.05) is 26.2 Å². The maximum Gasteiger partial charge on any atom is 0.407 e. The third-order valence-corrected chi connectivity index (χ3v) is 3.22. The molecule has 0 aromatic heterocycles. The molecule has 110 valence electrons. The van der Waals surface area contributed by atoms with Gasteiger partial charge in [-0.3, -0.25) is 9.69 Å². The molecule has 0 saturated carbocycles. The number of aliphatic hydroxyl groups is 1. The summed E-state index contributed by atoms with van der Waals surface area (Å²) in [6, 6.07) is -0.147. The number of piperidine rings is 1. The second-order valence-corrected chi connectivity index (χ2v) is 4.96. The quantitative estimate of drug-likeness (QED) is 0.613. The maximum atomic E-state index is 11.4. The minimum atomic E-state index is -0.498. The van der Waals surface area contributed by atoms with Crippen molar-refractivity contribution >= 4 is 12.0 Å². The normalized spacial score (nSPS) is 25.6. The topological polar surface area (TPSA) is 105 Å². The van der Waals surface area contributed by atoms with E-state index in [1.165, 1.54) is 0 Å². The molecule has 4 N–H and O–H groups in total. The van der Waals surface area contributed by atoms with Gasteiger partial charge in [-0.05, 0) is 26.2 Å². The number of likely N-dealkylation sites (tertiary alicyclic amines) is 1. The van der Waals surface area contributed by atoms with Crippen LogP contribution in [0.3, 0.4) is 0 Å². The highest BCUT2D eigenvalue weighted by molar-refractivity contribution is 5.76. The first kappa shape index (κ1) is 15.7. The molecule has 0 aliphatic carbocycles. The summed E-state index contributed by atoms with van der Waals surface area (Å²) in [7, 11) is 0. The zero-order chi connectivity index (χ0) is 14.4. The lowest BCUT2D eigenvalue weighted by atomic mass is 9.90. The Morgan fingerprint density at radius 2 is 2.21 bits per heavy atom. The number of nitrogens with one attached hydrogen (secondary N) is 1. The molecule has 0 radical (unpaired) electrons. The van der Waals surface area contributed by atoms with Gasteiger partial charge >= 0.3 is 6.09 Å². The number of amides is 2. The van der Waals surface area contributed by atoms with Crippen molar-refractivity contribution in [2.24, 2.45) is 11.7 Å². The van der Waals surface area contributed by atoms with E-state index in [9.17, 15) is 14.7 Å². The van der Waals surface area contributed by atoms with Gasteiger partial charge in [-0.2, -0.15) is 0 Å². The highest BCUT2D eigenvalue weighted by atomic mass is 16.5. The average Bonchev–Trinajstić information content (AvgIpc) is 2.27. The minimum Gasteiger partial charge on any atom is -0.450 e. The highest BCUT2D eigenvalue weighted by Gasteiger charge is 2.31. The Hall–Kier alpha value is -1.34. The summed E-state index contributed by atoms with van der Waals surface area (Å²) < 4.78 is 4.83. The summed E-state index contributed by atoms with van der Waals surface area (Å²) in [5.74, 6) is -0.416. The number of primary amides is 1. The van der Waals surface area contributed by atoms with E-state index in [-0.39, 0.29) is 18.5 Å². The number of nitrogens with zero attached hydrogens (tertiary/aromatic N) is 1. The first-order chi connectivity index (χ1) is 8.92. The van der Waals surface area contributed by atoms with E-state index in [1.807, 2.05) is 4.90 Å². The van der Waals surface area contributed by atoms with E-state index < -0.39 is 18.1 Å². The third-order valence-electron chi connectivity index (χ3n) is 3.22. The summed E-state index contributed by atoms with van der Waals surface area (Å²) in [5.41, 5.74) is 5.18. The van der Waals surface area contributed by atoms with Crippen LogP contribution in [0.15, 0.2) is 0 Å². The number of hydrogen-bond donors (Lipinski definition) is 3. The summed E-state index contributed by atoms with van der Waals surface area (Å²) in [6.45, 7) is 5.01. The Labute approximate surface area is 113 Å². The van der Waals surface area contributed by atoms with Crippen molar-refractivity contribution < 1.29 is 19.4 Å². The Bertz CT molecular complexity index is 322. The van der Waals surface area contributed by atoms with Gasteiger partial charge < -0.3 is 20.9 Å².